The lowest BCUT2D eigenvalue weighted by Gasteiger charge is -2.34. The monoisotopic (exact) mass is 519 g/mol. The van der Waals surface area contributed by atoms with Crippen molar-refractivity contribution in [1.29, 1.82) is 0 Å². The molecule has 0 bridgehead atoms. The van der Waals surface area contributed by atoms with Crippen LogP contribution in [0.4, 0.5) is 0 Å². The van der Waals surface area contributed by atoms with Crippen molar-refractivity contribution in [3.8, 4) is 11.5 Å². The van der Waals surface area contributed by atoms with Gasteiger partial charge in [-0.05, 0) is 37.6 Å². The van der Waals surface area contributed by atoms with Gasteiger partial charge in [0.2, 0.25) is 0 Å². The summed E-state index contributed by atoms with van der Waals surface area (Å²) in [6, 6.07) is 5.91. The van der Waals surface area contributed by atoms with Crippen LogP contribution in [0, 0.1) is 5.92 Å². The van der Waals surface area contributed by atoms with Crippen molar-refractivity contribution in [2.75, 3.05) is 67.1 Å². The van der Waals surface area contributed by atoms with Gasteiger partial charge in [-0.2, -0.15) is 0 Å². The molecular weight excluding hydrogens is 481 g/mol. The van der Waals surface area contributed by atoms with E-state index in [1.807, 2.05) is 18.2 Å². The number of hydrogen-bond acceptors (Lipinski definition) is 5. The van der Waals surface area contributed by atoms with Crippen molar-refractivity contribution in [1.82, 2.24) is 20.4 Å². The van der Waals surface area contributed by atoms with Gasteiger partial charge >= 0.3 is 0 Å². The van der Waals surface area contributed by atoms with Crippen LogP contribution in [0.1, 0.15) is 19.4 Å². The molecule has 1 aromatic rings. The second kappa shape index (κ2) is 13.9. The Morgan fingerprint density at radius 3 is 2.41 bits per heavy atom. The largest absolute Gasteiger partial charge is 0.493 e. The molecular formula is C21H38IN5O2. The number of benzene rings is 1. The Bertz CT molecular complexity index is 621. The molecule has 0 aliphatic carbocycles. The number of guanidine groups is 1. The summed E-state index contributed by atoms with van der Waals surface area (Å²) < 4.78 is 10.7. The van der Waals surface area contributed by atoms with Gasteiger partial charge in [-0.1, -0.05) is 13.0 Å². The van der Waals surface area contributed by atoms with E-state index in [-0.39, 0.29) is 24.0 Å². The van der Waals surface area contributed by atoms with Crippen LogP contribution in [0.5, 0.6) is 11.5 Å². The van der Waals surface area contributed by atoms with Gasteiger partial charge in [0.05, 0.1) is 20.8 Å². The number of nitrogens with one attached hydrogen (secondary N) is 2. The second-order valence-electron chi connectivity index (χ2n) is 7.47. The van der Waals surface area contributed by atoms with Gasteiger partial charge in [0, 0.05) is 45.8 Å². The summed E-state index contributed by atoms with van der Waals surface area (Å²) in [5.41, 5.74) is 1.08. The van der Waals surface area contributed by atoms with Gasteiger partial charge in [-0.25, -0.2) is 4.99 Å². The van der Waals surface area contributed by atoms with E-state index in [2.05, 4.69) is 41.3 Å². The topological polar surface area (TPSA) is 61.4 Å². The first kappa shape index (κ1) is 25.8. The van der Waals surface area contributed by atoms with Gasteiger partial charge in [0.15, 0.2) is 17.5 Å². The minimum absolute atomic E-state index is 0. The third-order valence-electron chi connectivity index (χ3n) is 5.00. The Kier molecular flexibility index (Phi) is 12.3. The highest BCUT2D eigenvalue weighted by Crippen LogP contribution is 2.27. The van der Waals surface area contributed by atoms with Crippen LogP contribution in [-0.2, 0) is 6.54 Å². The molecule has 1 unspecified atom stereocenters. The zero-order valence-electron chi connectivity index (χ0n) is 18.5. The summed E-state index contributed by atoms with van der Waals surface area (Å²) in [4.78, 5) is 9.67. The summed E-state index contributed by atoms with van der Waals surface area (Å²) in [6.45, 7) is 12.5. The lowest BCUT2D eigenvalue weighted by atomic mass is 10.1. The van der Waals surface area contributed by atoms with Crippen LogP contribution in [0.15, 0.2) is 23.2 Å². The van der Waals surface area contributed by atoms with Crippen molar-refractivity contribution >= 4 is 29.9 Å². The molecule has 7 nitrogen and oxygen atoms in total. The second-order valence-corrected chi connectivity index (χ2v) is 7.47. The van der Waals surface area contributed by atoms with Gasteiger partial charge < -0.3 is 29.9 Å². The molecule has 2 rings (SSSR count). The van der Waals surface area contributed by atoms with E-state index in [9.17, 15) is 0 Å². The number of halogens is 1. The molecule has 0 radical (unpaired) electrons. The van der Waals surface area contributed by atoms with E-state index < -0.39 is 0 Å². The predicted molar refractivity (Wildman–Crippen MR) is 131 cm³/mol. The molecule has 1 saturated heterocycles. The molecule has 1 fully saturated rings. The smallest absolute Gasteiger partial charge is 0.191 e. The van der Waals surface area contributed by atoms with Crippen LogP contribution in [0.3, 0.4) is 0 Å². The maximum absolute atomic E-state index is 5.38. The minimum atomic E-state index is 0. The fourth-order valence-electron chi connectivity index (χ4n) is 3.30. The molecule has 8 heteroatoms. The normalized spacial score (nSPS) is 16.7. The summed E-state index contributed by atoms with van der Waals surface area (Å²) in [5.74, 6) is 2.88. The lowest BCUT2D eigenvalue weighted by Crippen LogP contribution is -2.47. The van der Waals surface area contributed by atoms with Crippen LogP contribution in [0.25, 0.3) is 0 Å². The van der Waals surface area contributed by atoms with Crippen LogP contribution >= 0.6 is 24.0 Å². The van der Waals surface area contributed by atoms with Crippen molar-refractivity contribution in [3.05, 3.63) is 23.8 Å². The average molecular weight is 519 g/mol. The Hall–Kier alpha value is -1.26. The van der Waals surface area contributed by atoms with E-state index in [1.54, 1.807) is 14.2 Å². The first-order chi connectivity index (χ1) is 13.5. The zero-order valence-corrected chi connectivity index (χ0v) is 20.9. The lowest BCUT2D eigenvalue weighted by molar-refractivity contribution is 0.139. The first-order valence-corrected chi connectivity index (χ1v) is 10.2. The number of methoxy groups -OCH3 is 2. The number of rotatable bonds is 9. The first-order valence-electron chi connectivity index (χ1n) is 10.2. The maximum Gasteiger partial charge on any atom is 0.191 e. The minimum Gasteiger partial charge on any atom is -0.493 e. The van der Waals surface area contributed by atoms with Gasteiger partial charge in [-0.15, -0.1) is 24.0 Å². The van der Waals surface area contributed by atoms with E-state index >= 15 is 0 Å². The third kappa shape index (κ3) is 8.96. The van der Waals surface area contributed by atoms with Gasteiger partial charge in [0.1, 0.15) is 0 Å². The summed E-state index contributed by atoms with van der Waals surface area (Å²) >= 11 is 0. The van der Waals surface area contributed by atoms with Gasteiger partial charge in [-0.3, -0.25) is 0 Å². The number of nitrogens with zero attached hydrogens (tertiary/aromatic N) is 3. The number of aliphatic imine (C=N–C) groups is 1. The fraction of sp³-hybridized carbons (Fsp3) is 0.667. The number of hydrogen-bond donors (Lipinski definition) is 2. The van der Waals surface area contributed by atoms with Crippen molar-refractivity contribution in [2.24, 2.45) is 10.9 Å². The number of piperazine rings is 1. The molecule has 1 heterocycles. The SMILES string of the molecule is CCNC(=NCc1ccc(OC)c(OC)c1)NCC(C)CN1CCN(C)CC1.I. The fourth-order valence-corrected chi connectivity index (χ4v) is 3.30. The summed E-state index contributed by atoms with van der Waals surface area (Å²) in [6.07, 6.45) is 0. The van der Waals surface area contributed by atoms with E-state index in [1.165, 1.54) is 0 Å². The molecule has 1 aliphatic heterocycles. The molecule has 1 atom stereocenters. The maximum atomic E-state index is 5.38. The molecule has 1 aliphatic rings. The Balaban J connectivity index is 0.00000420. The number of likely N-dealkylation sites (N-methyl/N-ethyl adjacent to an activating group) is 1. The van der Waals surface area contributed by atoms with Crippen molar-refractivity contribution in [2.45, 2.75) is 20.4 Å². The quantitative estimate of drug-likeness (QED) is 0.297. The highest BCUT2D eigenvalue weighted by molar-refractivity contribution is 14.0. The summed E-state index contributed by atoms with van der Waals surface area (Å²) in [7, 11) is 5.49. The van der Waals surface area contributed by atoms with Gasteiger partial charge in [0.25, 0.3) is 0 Å². The molecule has 0 aromatic heterocycles. The van der Waals surface area contributed by atoms with E-state index in [4.69, 9.17) is 14.5 Å². The Morgan fingerprint density at radius 1 is 1.10 bits per heavy atom. The van der Waals surface area contributed by atoms with Crippen LogP contribution < -0.4 is 20.1 Å². The molecule has 1 aromatic carbocycles. The van der Waals surface area contributed by atoms with Crippen molar-refractivity contribution < 1.29 is 9.47 Å². The average Bonchev–Trinajstić information content (AvgIpc) is 2.71. The molecule has 0 spiro atoms. The Morgan fingerprint density at radius 2 is 1.79 bits per heavy atom. The molecule has 2 N–H and O–H groups in total. The van der Waals surface area contributed by atoms with Crippen LogP contribution in [-0.4, -0.2) is 82.8 Å². The van der Waals surface area contributed by atoms with Crippen molar-refractivity contribution in [3.63, 3.8) is 0 Å². The van der Waals surface area contributed by atoms with E-state index in [0.717, 1.165) is 68.8 Å². The summed E-state index contributed by atoms with van der Waals surface area (Å²) in [5, 5.41) is 6.82. The standard InChI is InChI=1S/C21H37N5O2.HI/c1-6-22-21(23-14-17(2)16-26-11-9-25(3)10-12-26)24-15-18-7-8-19(27-4)20(13-18)28-5;/h7-8,13,17H,6,9-12,14-16H2,1-5H3,(H2,22,23,24);1H. The predicted octanol–water partition coefficient (Wildman–Crippen LogP) is 2.26. The van der Waals surface area contributed by atoms with E-state index in [0.29, 0.717) is 12.5 Å². The molecule has 166 valence electrons. The molecule has 0 amide bonds. The highest BCUT2D eigenvalue weighted by atomic mass is 127. The Labute approximate surface area is 193 Å². The van der Waals surface area contributed by atoms with Crippen LogP contribution in [0.2, 0.25) is 0 Å². The highest BCUT2D eigenvalue weighted by Gasteiger charge is 2.16. The number of ether oxygens (including phenoxy) is 2. The molecule has 0 saturated carbocycles. The molecule has 29 heavy (non-hydrogen) atoms. The third-order valence-corrected chi connectivity index (χ3v) is 5.00. The zero-order chi connectivity index (χ0) is 20.4.